The molecule has 7 heteroatoms. The number of benzene rings is 1. The lowest BCUT2D eigenvalue weighted by Gasteiger charge is -2.08. The van der Waals surface area contributed by atoms with E-state index in [2.05, 4.69) is 0 Å². The Labute approximate surface area is 127 Å². The van der Waals surface area contributed by atoms with Crippen LogP contribution in [0.1, 0.15) is 24.2 Å². The van der Waals surface area contributed by atoms with Crippen molar-refractivity contribution in [3.63, 3.8) is 0 Å². The predicted molar refractivity (Wildman–Crippen MR) is 80.4 cm³/mol. The van der Waals surface area contributed by atoms with Gasteiger partial charge in [-0.2, -0.15) is 0 Å². The second-order valence-corrected chi connectivity index (χ2v) is 6.59. The largest absolute Gasteiger partial charge is 0.462 e. The summed E-state index contributed by atoms with van der Waals surface area (Å²) in [7, 11) is 0. The summed E-state index contributed by atoms with van der Waals surface area (Å²) < 4.78 is 32.3. The normalized spacial score (nSPS) is 10.9. The maximum Gasteiger partial charge on any atom is 0.344 e. The first-order chi connectivity index (χ1) is 9.99. The molecule has 0 aliphatic rings. The highest BCUT2D eigenvalue weighted by Gasteiger charge is 2.21. The fourth-order valence-corrected chi connectivity index (χ4v) is 4.12. The van der Waals surface area contributed by atoms with Gasteiger partial charge in [0.15, 0.2) is 11.6 Å². The highest BCUT2D eigenvalue weighted by molar-refractivity contribution is 8.01. The number of hydrogen-bond donors (Lipinski definition) is 0. The predicted octanol–water partition coefficient (Wildman–Crippen LogP) is 3.83. The average Bonchev–Trinajstić information content (AvgIpc) is 2.42. The van der Waals surface area contributed by atoms with Crippen LogP contribution >= 0.6 is 23.1 Å². The topological polar surface area (TPSA) is 43.4 Å². The SMILES string of the molecule is CCOC(=O)c1c(SCC)sc2cc(F)c(F)cc2c1=O. The van der Waals surface area contributed by atoms with Crippen LogP contribution in [0.15, 0.2) is 21.1 Å². The second kappa shape index (κ2) is 6.53. The summed E-state index contributed by atoms with van der Waals surface area (Å²) in [5.74, 6) is -2.23. The molecule has 21 heavy (non-hydrogen) atoms. The zero-order chi connectivity index (χ0) is 15.6. The molecule has 1 heterocycles. The number of fused-ring (bicyclic) bond motifs is 1. The molecular formula is C14H12F2O3S2. The Morgan fingerprint density at radius 1 is 1.29 bits per heavy atom. The Balaban J connectivity index is 2.78. The van der Waals surface area contributed by atoms with Crippen molar-refractivity contribution < 1.29 is 18.3 Å². The van der Waals surface area contributed by atoms with E-state index < -0.39 is 23.0 Å². The van der Waals surface area contributed by atoms with Crippen molar-refractivity contribution >= 4 is 39.2 Å². The van der Waals surface area contributed by atoms with Crippen molar-refractivity contribution in [1.82, 2.24) is 0 Å². The molecule has 0 amide bonds. The minimum Gasteiger partial charge on any atom is -0.462 e. The van der Waals surface area contributed by atoms with E-state index >= 15 is 0 Å². The molecule has 3 nitrogen and oxygen atoms in total. The van der Waals surface area contributed by atoms with Gasteiger partial charge in [0.05, 0.1) is 10.8 Å². The molecule has 0 aliphatic heterocycles. The van der Waals surface area contributed by atoms with Crippen LogP contribution in [0.3, 0.4) is 0 Å². The van der Waals surface area contributed by atoms with Gasteiger partial charge >= 0.3 is 5.97 Å². The molecule has 0 bridgehead atoms. The van der Waals surface area contributed by atoms with Gasteiger partial charge in [0, 0.05) is 10.1 Å². The molecule has 0 saturated heterocycles. The minimum absolute atomic E-state index is 0.0117. The van der Waals surface area contributed by atoms with Crippen molar-refractivity contribution in [3.05, 3.63) is 39.6 Å². The second-order valence-electron chi connectivity index (χ2n) is 4.01. The monoisotopic (exact) mass is 330 g/mol. The molecule has 1 aromatic carbocycles. The standard InChI is InChI=1S/C14H12F2O3S2/c1-3-19-13(18)11-12(17)7-5-8(15)9(16)6-10(7)21-14(11)20-4-2/h5-6H,3-4H2,1-2H3. The van der Waals surface area contributed by atoms with Gasteiger partial charge in [0.2, 0.25) is 5.43 Å². The molecule has 0 saturated carbocycles. The number of thioether (sulfide) groups is 1. The average molecular weight is 330 g/mol. The van der Waals surface area contributed by atoms with E-state index in [1.54, 1.807) is 6.92 Å². The number of ether oxygens (including phenoxy) is 1. The highest BCUT2D eigenvalue weighted by Crippen LogP contribution is 2.32. The first kappa shape index (κ1) is 15.9. The minimum atomic E-state index is -1.11. The molecule has 0 atom stereocenters. The quantitative estimate of drug-likeness (QED) is 0.631. The molecule has 1 aromatic heterocycles. The third kappa shape index (κ3) is 3.08. The van der Waals surface area contributed by atoms with Crippen LogP contribution in [0.25, 0.3) is 10.1 Å². The van der Waals surface area contributed by atoms with E-state index in [4.69, 9.17) is 4.74 Å². The Kier molecular flexibility index (Phi) is 4.95. The number of halogens is 2. The van der Waals surface area contributed by atoms with Crippen molar-refractivity contribution in [2.24, 2.45) is 0 Å². The summed E-state index contributed by atoms with van der Waals surface area (Å²) in [6.45, 7) is 3.63. The Hall–Kier alpha value is -1.47. The van der Waals surface area contributed by atoms with E-state index in [1.165, 1.54) is 11.8 Å². The fraction of sp³-hybridized carbons (Fsp3) is 0.286. The lowest BCUT2D eigenvalue weighted by molar-refractivity contribution is 0.0522. The first-order valence-electron chi connectivity index (χ1n) is 6.25. The van der Waals surface area contributed by atoms with Crippen molar-refractivity contribution in [2.45, 2.75) is 18.1 Å². The van der Waals surface area contributed by atoms with Gasteiger partial charge in [0.25, 0.3) is 0 Å². The summed E-state index contributed by atoms with van der Waals surface area (Å²) in [5, 5.41) is -0.0117. The molecule has 2 rings (SSSR count). The van der Waals surface area contributed by atoms with Gasteiger partial charge in [-0.15, -0.1) is 23.1 Å². The molecule has 112 valence electrons. The van der Waals surface area contributed by atoms with Gasteiger partial charge in [-0.05, 0) is 24.8 Å². The lowest BCUT2D eigenvalue weighted by atomic mass is 10.2. The Morgan fingerprint density at radius 3 is 2.57 bits per heavy atom. The molecule has 0 aliphatic carbocycles. The zero-order valence-corrected chi connectivity index (χ0v) is 13.0. The van der Waals surface area contributed by atoms with Gasteiger partial charge in [-0.3, -0.25) is 4.79 Å². The van der Waals surface area contributed by atoms with Crippen molar-refractivity contribution in [2.75, 3.05) is 12.4 Å². The van der Waals surface area contributed by atoms with Crippen LogP contribution < -0.4 is 5.43 Å². The molecule has 2 aromatic rings. The number of hydrogen-bond acceptors (Lipinski definition) is 5. The Bertz CT molecular complexity index is 756. The number of rotatable bonds is 4. The van der Waals surface area contributed by atoms with Crippen LogP contribution in [-0.4, -0.2) is 18.3 Å². The summed E-state index contributed by atoms with van der Waals surface area (Å²) >= 11 is 2.38. The van der Waals surface area contributed by atoms with E-state index in [9.17, 15) is 18.4 Å². The summed E-state index contributed by atoms with van der Waals surface area (Å²) in [6, 6.07) is 1.80. The molecule has 0 unspecified atom stereocenters. The molecule has 0 radical (unpaired) electrons. The van der Waals surface area contributed by atoms with Gasteiger partial charge in [0.1, 0.15) is 5.56 Å². The zero-order valence-electron chi connectivity index (χ0n) is 11.4. The highest BCUT2D eigenvalue weighted by atomic mass is 32.2. The van der Waals surface area contributed by atoms with Crippen LogP contribution in [0.5, 0.6) is 0 Å². The smallest absolute Gasteiger partial charge is 0.344 e. The van der Waals surface area contributed by atoms with Crippen molar-refractivity contribution in [1.29, 1.82) is 0 Å². The summed E-state index contributed by atoms with van der Waals surface area (Å²) in [4.78, 5) is 24.4. The van der Waals surface area contributed by atoms with E-state index in [0.717, 1.165) is 23.5 Å². The number of carbonyl (C=O) groups excluding carboxylic acids is 1. The summed E-state index contributed by atoms with van der Waals surface area (Å²) in [5.41, 5.74) is -0.732. The van der Waals surface area contributed by atoms with Crippen LogP contribution in [0.4, 0.5) is 8.78 Å². The number of esters is 1. The van der Waals surface area contributed by atoms with Crippen molar-refractivity contribution in [3.8, 4) is 0 Å². The van der Waals surface area contributed by atoms with Crippen LogP contribution in [0, 0.1) is 11.6 Å². The lowest BCUT2D eigenvalue weighted by Crippen LogP contribution is -2.18. The Morgan fingerprint density at radius 2 is 1.95 bits per heavy atom. The van der Waals surface area contributed by atoms with Crippen LogP contribution in [0.2, 0.25) is 0 Å². The molecular weight excluding hydrogens is 318 g/mol. The fourth-order valence-electron chi connectivity index (χ4n) is 1.78. The van der Waals surface area contributed by atoms with Gasteiger partial charge < -0.3 is 4.74 Å². The maximum absolute atomic E-state index is 13.3. The molecule has 0 spiro atoms. The molecule has 0 N–H and O–H groups in total. The number of carbonyl (C=O) groups is 1. The summed E-state index contributed by atoms with van der Waals surface area (Å²) in [6.07, 6.45) is 0. The maximum atomic E-state index is 13.3. The van der Waals surface area contributed by atoms with Gasteiger partial charge in [-0.1, -0.05) is 6.92 Å². The third-order valence-corrected chi connectivity index (χ3v) is 4.96. The van der Waals surface area contributed by atoms with E-state index in [0.29, 0.717) is 14.7 Å². The van der Waals surface area contributed by atoms with Gasteiger partial charge in [-0.25, -0.2) is 13.6 Å². The van der Waals surface area contributed by atoms with E-state index in [1.807, 2.05) is 6.92 Å². The molecule has 0 fully saturated rings. The van der Waals surface area contributed by atoms with Crippen LogP contribution in [-0.2, 0) is 4.74 Å². The third-order valence-electron chi connectivity index (χ3n) is 2.66. The first-order valence-corrected chi connectivity index (χ1v) is 8.05. The van der Waals surface area contributed by atoms with E-state index in [-0.39, 0.29) is 17.6 Å².